The van der Waals surface area contributed by atoms with E-state index in [1.165, 1.54) is 31.4 Å². The molecule has 0 atom stereocenters. The molecule has 0 unspecified atom stereocenters. The van der Waals surface area contributed by atoms with E-state index in [0.717, 1.165) is 12.8 Å². The first kappa shape index (κ1) is 16.4. The molecule has 2 rings (SSSR count). The van der Waals surface area contributed by atoms with Gasteiger partial charge in [-0.3, -0.25) is 4.79 Å². The molecule has 22 heavy (non-hydrogen) atoms. The molecule has 0 spiro atoms. The number of carbonyl (C=O) groups excluding carboxylic acids is 1. The lowest BCUT2D eigenvalue weighted by Crippen LogP contribution is -2.37. The van der Waals surface area contributed by atoms with E-state index >= 15 is 0 Å². The van der Waals surface area contributed by atoms with Crippen molar-refractivity contribution in [2.75, 3.05) is 13.2 Å². The van der Waals surface area contributed by atoms with E-state index in [1.807, 2.05) is 0 Å². The Balaban J connectivity index is 1.95. The molecule has 1 aromatic carbocycles. The van der Waals surface area contributed by atoms with Crippen LogP contribution in [0.1, 0.15) is 49.4 Å². The topological polar surface area (TPSA) is 38.3 Å². The molecule has 1 N–H and O–H groups in total. The minimum Gasteiger partial charge on any atom is -0.478 e. The van der Waals surface area contributed by atoms with Gasteiger partial charge in [-0.05, 0) is 36.5 Å². The summed E-state index contributed by atoms with van der Waals surface area (Å²) in [4.78, 5) is 12.2. The van der Waals surface area contributed by atoms with Crippen molar-refractivity contribution in [2.45, 2.75) is 39.0 Å². The lowest BCUT2D eigenvalue weighted by atomic mass is 9.76. The second kappa shape index (κ2) is 7.31. The Labute approximate surface area is 131 Å². The second-order valence-corrected chi connectivity index (χ2v) is 6.19. The molecule has 0 bridgehead atoms. The Hall–Kier alpha value is -2.02. The van der Waals surface area contributed by atoms with Gasteiger partial charge in [0.25, 0.3) is 5.91 Å². The van der Waals surface area contributed by atoms with Gasteiger partial charge in [-0.1, -0.05) is 32.1 Å². The second-order valence-electron chi connectivity index (χ2n) is 6.19. The van der Waals surface area contributed by atoms with Crippen molar-refractivity contribution in [2.24, 2.45) is 5.41 Å². The maximum atomic E-state index is 13.8. The predicted octanol–water partition coefficient (Wildman–Crippen LogP) is 3.54. The minimum absolute atomic E-state index is 0.000811. The van der Waals surface area contributed by atoms with Crippen LogP contribution < -0.4 is 10.1 Å². The summed E-state index contributed by atoms with van der Waals surface area (Å²) in [7, 11) is 0. The van der Waals surface area contributed by atoms with Gasteiger partial charge in [0.15, 0.2) is 11.6 Å². The molecule has 0 aliphatic heterocycles. The van der Waals surface area contributed by atoms with Gasteiger partial charge in [0.1, 0.15) is 6.61 Å². The van der Waals surface area contributed by atoms with Crippen molar-refractivity contribution >= 4 is 5.91 Å². The molecule has 118 valence electrons. The number of terminal acetylenes is 1. The zero-order valence-corrected chi connectivity index (χ0v) is 13.0. The van der Waals surface area contributed by atoms with Crippen LogP contribution in [0.25, 0.3) is 0 Å². The van der Waals surface area contributed by atoms with Crippen LogP contribution in [0.5, 0.6) is 5.75 Å². The molecule has 1 saturated carbocycles. The molecule has 1 fully saturated rings. The SMILES string of the molecule is C#CCOc1ccc(C(=O)NCC2(C)CCCCC2)cc1F. The van der Waals surface area contributed by atoms with E-state index in [-0.39, 0.29) is 23.7 Å². The molecule has 0 radical (unpaired) electrons. The van der Waals surface area contributed by atoms with E-state index in [9.17, 15) is 9.18 Å². The van der Waals surface area contributed by atoms with Crippen LogP contribution >= 0.6 is 0 Å². The molecule has 4 heteroatoms. The largest absolute Gasteiger partial charge is 0.478 e. The van der Waals surface area contributed by atoms with Crippen molar-refractivity contribution in [3.8, 4) is 18.1 Å². The highest BCUT2D eigenvalue weighted by Gasteiger charge is 2.27. The highest BCUT2D eigenvalue weighted by Crippen LogP contribution is 2.35. The van der Waals surface area contributed by atoms with Crippen molar-refractivity contribution in [1.82, 2.24) is 5.32 Å². The fraction of sp³-hybridized carbons (Fsp3) is 0.500. The summed E-state index contributed by atoms with van der Waals surface area (Å²) >= 11 is 0. The maximum Gasteiger partial charge on any atom is 0.251 e. The Morgan fingerprint density at radius 3 is 2.77 bits per heavy atom. The average molecular weight is 303 g/mol. The van der Waals surface area contributed by atoms with Crippen LogP contribution in [0.3, 0.4) is 0 Å². The lowest BCUT2D eigenvalue weighted by Gasteiger charge is -2.33. The molecule has 1 aromatic rings. The number of carbonyl (C=O) groups is 1. The third-order valence-electron chi connectivity index (χ3n) is 4.24. The monoisotopic (exact) mass is 303 g/mol. The van der Waals surface area contributed by atoms with Gasteiger partial charge in [-0.2, -0.15) is 0 Å². The van der Waals surface area contributed by atoms with Gasteiger partial charge in [0.05, 0.1) is 0 Å². The Morgan fingerprint density at radius 1 is 1.41 bits per heavy atom. The number of ether oxygens (including phenoxy) is 1. The first-order valence-electron chi connectivity index (χ1n) is 7.68. The molecular formula is C18H22FNO2. The molecule has 0 aromatic heterocycles. The summed E-state index contributed by atoms with van der Waals surface area (Å²) in [5.41, 5.74) is 0.451. The van der Waals surface area contributed by atoms with Crippen LogP contribution in [0.2, 0.25) is 0 Å². The van der Waals surface area contributed by atoms with Gasteiger partial charge in [0.2, 0.25) is 0 Å². The Bertz CT molecular complexity index is 571. The maximum absolute atomic E-state index is 13.8. The normalized spacial score (nSPS) is 16.6. The number of benzene rings is 1. The molecule has 1 amide bonds. The van der Waals surface area contributed by atoms with Gasteiger partial charge in [0, 0.05) is 12.1 Å². The highest BCUT2D eigenvalue weighted by molar-refractivity contribution is 5.94. The van der Waals surface area contributed by atoms with Gasteiger partial charge >= 0.3 is 0 Å². The van der Waals surface area contributed by atoms with Crippen molar-refractivity contribution < 1.29 is 13.9 Å². The molecule has 0 heterocycles. The van der Waals surface area contributed by atoms with Crippen LogP contribution in [-0.4, -0.2) is 19.1 Å². The minimum atomic E-state index is -0.577. The number of hydrogen-bond donors (Lipinski definition) is 1. The fourth-order valence-electron chi connectivity index (χ4n) is 2.86. The number of amides is 1. The van der Waals surface area contributed by atoms with E-state index < -0.39 is 5.82 Å². The molecule has 1 aliphatic carbocycles. The zero-order valence-electron chi connectivity index (χ0n) is 13.0. The highest BCUT2D eigenvalue weighted by atomic mass is 19.1. The third-order valence-corrected chi connectivity index (χ3v) is 4.24. The average Bonchev–Trinajstić information content (AvgIpc) is 2.52. The van der Waals surface area contributed by atoms with E-state index in [0.29, 0.717) is 12.1 Å². The van der Waals surface area contributed by atoms with Crippen molar-refractivity contribution in [3.63, 3.8) is 0 Å². The predicted molar refractivity (Wildman–Crippen MR) is 84.3 cm³/mol. The smallest absolute Gasteiger partial charge is 0.251 e. The molecule has 0 saturated heterocycles. The number of nitrogens with one attached hydrogen (secondary N) is 1. The lowest BCUT2D eigenvalue weighted by molar-refractivity contribution is 0.0918. The first-order chi connectivity index (χ1) is 10.5. The van der Waals surface area contributed by atoms with Gasteiger partial charge < -0.3 is 10.1 Å². The van der Waals surface area contributed by atoms with Gasteiger partial charge in [-0.15, -0.1) is 6.42 Å². The number of hydrogen-bond acceptors (Lipinski definition) is 2. The zero-order chi connectivity index (χ0) is 16.0. The first-order valence-corrected chi connectivity index (χ1v) is 7.68. The number of rotatable bonds is 5. The van der Waals surface area contributed by atoms with Crippen LogP contribution in [0, 0.1) is 23.6 Å². The van der Waals surface area contributed by atoms with Crippen molar-refractivity contribution in [1.29, 1.82) is 0 Å². The Morgan fingerprint density at radius 2 is 2.14 bits per heavy atom. The summed E-state index contributed by atoms with van der Waals surface area (Å²) in [6.07, 6.45) is 11.0. The van der Waals surface area contributed by atoms with Gasteiger partial charge in [-0.25, -0.2) is 4.39 Å². The van der Waals surface area contributed by atoms with E-state index in [1.54, 1.807) is 6.07 Å². The third kappa shape index (κ3) is 4.24. The summed E-state index contributed by atoms with van der Waals surface area (Å²) in [6.45, 7) is 2.83. The summed E-state index contributed by atoms with van der Waals surface area (Å²) < 4.78 is 18.9. The van der Waals surface area contributed by atoms with E-state index in [2.05, 4.69) is 18.2 Å². The van der Waals surface area contributed by atoms with Crippen LogP contribution in [0.15, 0.2) is 18.2 Å². The summed E-state index contributed by atoms with van der Waals surface area (Å²) in [5, 5.41) is 2.92. The number of halogens is 1. The van der Waals surface area contributed by atoms with E-state index in [4.69, 9.17) is 11.2 Å². The molecule has 3 nitrogen and oxygen atoms in total. The summed E-state index contributed by atoms with van der Waals surface area (Å²) in [5.74, 6) is 1.50. The molecular weight excluding hydrogens is 281 g/mol. The van der Waals surface area contributed by atoms with Crippen LogP contribution in [0.4, 0.5) is 4.39 Å². The van der Waals surface area contributed by atoms with Crippen molar-refractivity contribution in [3.05, 3.63) is 29.6 Å². The standard InChI is InChI=1S/C18H22FNO2/c1-3-11-22-16-8-7-14(12-15(16)19)17(21)20-13-18(2)9-5-4-6-10-18/h1,7-8,12H,4-6,9-11,13H2,2H3,(H,20,21). The quantitative estimate of drug-likeness (QED) is 0.845. The molecule has 1 aliphatic rings. The summed E-state index contributed by atoms with van der Waals surface area (Å²) in [6, 6.07) is 4.17. The fourth-order valence-corrected chi connectivity index (χ4v) is 2.86. The Kier molecular flexibility index (Phi) is 5.43. The van der Waals surface area contributed by atoms with Crippen LogP contribution in [-0.2, 0) is 0 Å².